The zero-order chi connectivity index (χ0) is 13.9. The van der Waals surface area contributed by atoms with Gasteiger partial charge in [0.1, 0.15) is 5.75 Å². The molecule has 1 aliphatic heterocycles. The van der Waals surface area contributed by atoms with E-state index in [1.54, 1.807) is 0 Å². The largest absolute Gasteiger partial charge is 0.492 e. The van der Waals surface area contributed by atoms with Crippen LogP contribution in [0.2, 0.25) is 0 Å². The summed E-state index contributed by atoms with van der Waals surface area (Å²) in [6, 6.07) is 8.40. The number of ether oxygens (including phenoxy) is 1. The quantitative estimate of drug-likeness (QED) is 0.858. The maximum Gasteiger partial charge on any atom is 0.142 e. The fraction of sp³-hybridized carbons (Fsp3) is 0.375. The van der Waals surface area contributed by atoms with Crippen LogP contribution in [0.15, 0.2) is 36.7 Å². The van der Waals surface area contributed by atoms with Crippen LogP contribution in [0.1, 0.15) is 29.4 Å². The van der Waals surface area contributed by atoms with Crippen molar-refractivity contribution in [2.75, 3.05) is 13.7 Å². The summed E-state index contributed by atoms with van der Waals surface area (Å²) in [6.45, 7) is 3.62. The van der Waals surface area contributed by atoms with E-state index >= 15 is 0 Å². The second-order valence-corrected chi connectivity index (χ2v) is 5.28. The Kier molecular flexibility index (Phi) is 3.65. The molecule has 0 aliphatic carbocycles. The van der Waals surface area contributed by atoms with Crippen molar-refractivity contribution in [3.63, 3.8) is 0 Å². The van der Waals surface area contributed by atoms with Gasteiger partial charge in [-0.05, 0) is 37.7 Å². The third-order valence-corrected chi connectivity index (χ3v) is 3.68. The maximum atomic E-state index is 5.66. The summed E-state index contributed by atoms with van der Waals surface area (Å²) >= 11 is 0. The van der Waals surface area contributed by atoms with Gasteiger partial charge in [-0.3, -0.25) is 14.9 Å². The predicted octanol–water partition coefficient (Wildman–Crippen LogP) is 2.74. The van der Waals surface area contributed by atoms with Crippen LogP contribution < -0.4 is 4.74 Å². The molecule has 0 aromatic carbocycles. The van der Waals surface area contributed by atoms with Crippen LogP contribution >= 0.6 is 0 Å². The third-order valence-electron chi connectivity index (χ3n) is 3.68. The molecule has 0 bridgehead atoms. The van der Waals surface area contributed by atoms with E-state index in [0.717, 1.165) is 36.7 Å². The zero-order valence-corrected chi connectivity index (χ0v) is 11.9. The molecule has 0 N–H and O–H groups in total. The van der Waals surface area contributed by atoms with Crippen LogP contribution in [0, 0.1) is 6.92 Å². The molecule has 2 aromatic rings. The van der Waals surface area contributed by atoms with Crippen molar-refractivity contribution < 1.29 is 4.74 Å². The first-order chi connectivity index (χ1) is 9.74. The molecule has 2 aromatic heterocycles. The summed E-state index contributed by atoms with van der Waals surface area (Å²) < 4.78 is 5.66. The SMILES string of the molecule is Cc1ccc(CN(C)C2CCOc3cccnc32)nc1. The fourth-order valence-electron chi connectivity index (χ4n) is 2.58. The van der Waals surface area contributed by atoms with Gasteiger partial charge in [-0.1, -0.05) is 6.07 Å². The monoisotopic (exact) mass is 269 g/mol. The average molecular weight is 269 g/mol. The molecule has 104 valence electrons. The molecule has 3 rings (SSSR count). The van der Waals surface area contributed by atoms with Gasteiger partial charge in [0, 0.05) is 25.4 Å². The number of hydrogen-bond acceptors (Lipinski definition) is 4. The van der Waals surface area contributed by atoms with Crippen molar-refractivity contribution in [2.24, 2.45) is 0 Å². The van der Waals surface area contributed by atoms with Gasteiger partial charge in [0.25, 0.3) is 0 Å². The second kappa shape index (κ2) is 5.59. The van der Waals surface area contributed by atoms with Gasteiger partial charge in [-0.25, -0.2) is 0 Å². The Bertz CT molecular complexity index is 583. The van der Waals surface area contributed by atoms with Crippen LogP contribution in [0.4, 0.5) is 0 Å². The number of pyridine rings is 2. The van der Waals surface area contributed by atoms with Crippen LogP contribution in [0.3, 0.4) is 0 Å². The van der Waals surface area contributed by atoms with E-state index in [9.17, 15) is 0 Å². The zero-order valence-electron chi connectivity index (χ0n) is 11.9. The Morgan fingerprint density at radius 3 is 3.00 bits per heavy atom. The molecular formula is C16H19N3O. The summed E-state index contributed by atoms with van der Waals surface area (Å²) in [5.41, 5.74) is 3.31. The first-order valence-electron chi connectivity index (χ1n) is 6.93. The third kappa shape index (κ3) is 2.65. The molecule has 0 fully saturated rings. The highest BCUT2D eigenvalue weighted by Crippen LogP contribution is 2.33. The number of rotatable bonds is 3. The summed E-state index contributed by atoms with van der Waals surface area (Å²) in [6.07, 6.45) is 4.71. The number of hydrogen-bond donors (Lipinski definition) is 0. The van der Waals surface area contributed by atoms with E-state index in [1.165, 1.54) is 5.56 Å². The van der Waals surface area contributed by atoms with E-state index in [-0.39, 0.29) is 0 Å². The lowest BCUT2D eigenvalue weighted by atomic mass is 10.0. The molecule has 0 amide bonds. The molecular weight excluding hydrogens is 250 g/mol. The van der Waals surface area contributed by atoms with Crippen LogP contribution in [-0.4, -0.2) is 28.5 Å². The van der Waals surface area contributed by atoms with Crippen molar-refractivity contribution in [3.05, 3.63) is 53.6 Å². The topological polar surface area (TPSA) is 38.2 Å². The molecule has 1 aliphatic rings. The number of fused-ring (bicyclic) bond motifs is 1. The van der Waals surface area contributed by atoms with Crippen LogP contribution in [0.25, 0.3) is 0 Å². The smallest absolute Gasteiger partial charge is 0.142 e. The lowest BCUT2D eigenvalue weighted by molar-refractivity contribution is 0.155. The normalized spacial score (nSPS) is 17.6. The van der Waals surface area contributed by atoms with Crippen molar-refractivity contribution in [3.8, 4) is 5.75 Å². The van der Waals surface area contributed by atoms with Gasteiger partial charge >= 0.3 is 0 Å². The van der Waals surface area contributed by atoms with Gasteiger partial charge < -0.3 is 4.74 Å². The molecule has 4 heteroatoms. The Labute approximate surface area is 119 Å². The van der Waals surface area contributed by atoms with E-state index < -0.39 is 0 Å². The lowest BCUT2D eigenvalue weighted by Crippen LogP contribution is -2.30. The molecule has 1 atom stereocenters. The van der Waals surface area contributed by atoms with Crippen molar-refractivity contribution in [2.45, 2.75) is 25.9 Å². The molecule has 0 radical (unpaired) electrons. The minimum Gasteiger partial charge on any atom is -0.492 e. The van der Waals surface area contributed by atoms with Gasteiger partial charge in [-0.2, -0.15) is 0 Å². The molecule has 20 heavy (non-hydrogen) atoms. The fourth-order valence-corrected chi connectivity index (χ4v) is 2.58. The molecule has 0 spiro atoms. The first kappa shape index (κ1) is 13.1. The van der Waals surface area contributed by atoms with E-state index in [4.69, 9.17) is 4.74 Å². The minimum absolute atomic E-state index is 0.294. The molecule has 0 saturated heterocycles. The lowest BCUT2D eigenvalue weighted by Gasteiger charge is -2.31. The van der Waals surface area contributed by atoms with Crippen LogP contribution in [0.5, 0.6) is 5.75 Å². The summed E-state index contributed by atoms with van der Waals surface area (Å²) in [5, 5.41) is 0. The molecule has 3 heterocycles. The standard InChI is InChI=1S/C16H19N3O/c1-12-5-6-13(18-10-12)11-19(2)14-7-9-20-15-4-3-8-17-16(14)15/h3-6,8,10,14H,7,9,11H2,1-2H3. The highest BCUT2D eigenvalue weighted by atomic mass is 16.5. The van der Waals surface area contributed by atoms with Crippen molar-refractivity contribution in [1.29, 1.82) is 0 Å². The Morgan fingerprint density at radius 1 is 1.30 bits per heavy atom. The Morgan fingerprint density at radius 2 is 2.20 bits per heavy atom. The van der Waals surface area contributed by atoms with E-state index in [2.05, 4.69) is 41.0 Å². The summed E-state index contributed by atoms with van der Waals surface area (Å²) in [5.74, 6) is 0.910. The average Bonchev–Trinajstić information content (AvgIpc) is 2.49. The maximum absolute atomic E-state index is 5.66. The number of aryl methyl sites for hydroxylation is 1. The number of aromatic nitrogens is 2. The van der Waals surface area contributed by atoms with Gasteiger partial charge in [0.15, 0.2) is 0 Å². The summed E-state index contributed by atoms with van der Waals surface area (Å²) in [4.78, 5) is 11.3. The second-order valence-electron chi connectivity index (χ2n) is 5.28. The Balaban J connectivity index is 1.78. The minimum atomic E-state index is 0.294. The first-order valence-corrected chi connectivity index (χ1v) is 6.93. The summed E-state index contributed by atoms with van der Waals surface area (Å²) in [7, 11) is 2.12. The van der Waals surface area contributed by atoms with Gasteiger partial charge in [0.05, 0.1) is 24.0 Å². The van der Waals surface area contributed by atoms with Crippen LogP contribution in [-0.2, 0) is 6.54 Å². The predicted molar refractivity (Wildman–Crippen MR) is 77.5 cm³/mol. The van der Waals surface area contributed by atoms with E-state index in [0.29, 0.717) is 6.04 Å². The highest BCUT2D eigenvalue weighted by Gasteiger charge is 2.26. The van der Waals surface area contributed by atoms with Gasteiger partial charge in [-0.15, -0.1) is 0 Å². The Hall–Kier alpha value is -1.94. The van der Waals surface area contributed by atoms with Crippen molar-refractivity contribution >= 4 is 0 Å². The number of nitrogens with zero attached hydrogens (tertiary/aromatic N) is 3. The molecule has 1 unspecified atom stereocenters. The van der Waals surface area contributed by atoms with Crippen molar-refractivity contribution in [1.82, 2.24) is 14.9 Å². The van der Waals surface area contributed by atoms with Gasteiger partial charge in [0.2, 0.25) is 0 Å². The highest BCUT2D eigenvalue weighted by molar-refractivity contribution is 5.31. The molecule has 4 nitrogen and oxygen atoms in total. The molecule has 0 saturated carbocycles. The van der Waals surface area contributed by atoms with E-state index in [1.807, 2.05) is 24.5 Å².